The molecule has 0 aromatic heterocycles. The zero-order valence-corrected chi connectivity index (χ0v) is 23.9. The maximum absolute atomic E-state index is 9.41. The quantitative estimate of drug-likeness (QED) is 0.179. The lowest BCUT2D eigenvalue weighted by Gasteiger charge is -2.41. The SMILES string of the molecule is CCCCCCCCCCCC[C@H](O[Si](C)(C)C(C)(C)C)[C@@H]1CC[C@@H]([C@@H]2CC[C@H](CO)O2)O1. The van der Waals surface area contributed by atoms with Gasteiger partial charge >= 0.3 is 0 Å². The molecule has 4 nitrogen and oxygen atoms in total. The van der Waals surface area contributed by atoms with Crippen molar-refractivity contribution in [2.45, 2.75) is 173 Å². The van der Waals surface area contributed by atoms with Crippen LogP contribution in [-0.4, -0.2) is 50.6 Å². The van der Waals surface area contributed by atoms with Gasteiger partial charge < -0.3 is 19.0 Å². The van der Waals surface area contributed by atoms with E-state index in [0.29, 0.717) is 0 Å². The van der Waals surface area contributed by atoms with E-state index in [1.165, 1.54) is 64.2 Å². The van der Waals surface area contributed by atoms with Gasteiger partial charge in [0.25, 0.3) is 0 Å². The summed E-state index contributed by atoms with van der Waals surface area (Å²) in [6.07, 6.45) is 19.6. The van der Waals surface area contributed by atoms with Crippen LogP contribution in [0.4, 0.5) is 0 Å². The Labute approximate surface area is 206 Å². The Morgan fingerprint density at radius 3 is 1.91 bits per heavy atom. The number of aliphatic hydroxyl groups excluding tert-OH is 1. The molecule has 0 aliphatic carbocycles. The summed E-state index contributed by atoms with van der Waals surface area (Å²) in [5.74, 6) is 0. The van der Waals surface area contributed by atoms with Gasteiger partial charge in [-0.15, -0.1) is 0 Å². The van der Waals surface area contributed by atoms with Crippen LogP contribution < -0.4 is 0 Å². The van der Waals surface area contributed by atoms with Crippen LogP contribution >= 0.6 is 0 Å². The standard InChI is InChI=1S/C28H56O4Si/c1-7-8-9-10-11-12-13-14-15-16-17-27(32-33(5,6)28(2,3)4)26-21-20-25(31-26)24-19-18-23(22-29)30-24/h23-27,29H,7-22H2,1-6H3/t23-,24+,25+,26+,27+/m1/s1. The van der Waals surface area contributed by atoms with Gasteiger partial charge in [0, 0.05) is 0 Å². The Morgan fingerprint density at radius 1 is 0.818 bits per heavy atom. The van der Waals surface area contributed by atoms with Gasteiger partial charge in [0.2, 0.25) is 0 Å². The predicted molar refractivity (Wildman–Crippen MR) is 141 cm³/mol. The zero-order chi connectivity index (χ0) is 24.3. The highest BCUT2D eigenvalue weighted by Crippen LogP contribution is 2.40. The molecule has 0 bridgehead atoms. The van der Waals surface area contributed by atoms with E-state index in [0.717, 1.165) is 32.1 Å². The summed E-state index contributed by atoms with van der Waals surface area (Å²) < 4.78 is 19.6. The molecule has 2 saturated heterocycles. The highest BCUT2D eigenvalue weighted by atomic mass is 28.4. The lowest BCUT2D eigenvalue weighted by molar-refractivity contribution is -0.0958. The third kappa shape index (κ3) is 9.91. The van der Waals surface area contributed by atoms with Crippen molar-refractivity contribution in [3.8, 4) is 0 Å². The van der Waals surface area contributed by atoms with Gasteiger partial charge in [-0.25, -0.2) is 0 Å². The summed E-state index contributed by atoms with van der Waals surface area (Å²) in [7, 11) is -1.85. The van der Waals surface area contributed by atoms with Crippen LogP contribution in [0.1, 0.15) is 124 Å². The van der Waals surface area contributed by atoms with Crippen LogP contribution in [0.25, 0.3) is 0 Å². The third-order valence-electron chi connectivity index (χ3n) is 8.35. The molecule has 0 radical (unpaired) electrons. The molecule has 5 atom stereocenters. The molecule has 1 N–H and O–H groups in total. The van der Waals surface area contributed by atoms with Crippen molar-refractivity contribution in [1.82, 2.24) is 0 Å². The summed E-state index contributed by atoms with van der Waals surface area (Å²) in [6.45, 7) is 14.1. The number of rotatable bonds is 16. The fraction of sp³-hybridized carbons (Fsp3) is 1.00. The Morgan fingerprint density at radius 2 is 1.36 bits per heavy atom. The van der Waals surface area contributed by atoms with Crippen molar-refractivity contribution in [2.75, 3.05) is 6.61 Å². The second kappa shape index (κ2) is 14.6. The molecular formula is C28H56O4Si. The summed E-state index contributed by atoms with van der Waals surface area (Å²) in [5, 5.41) is 9.62. The van der Waals surface area contributed by atoms with Gasteiger partial charge in [0.05, 0.1) is 37.1 Å². The molecule has 196 valence electrons. The molecule has 2 aliphatic rings. The van der Waals surface area contributed by atoms with E-state index >= 15 is 0 Å². The van der Waals surface area contributed by atoms with Crippen LogP contribution in [0.15, 0.2) is 0 Å². The minimum absolute atomic E-state index is 0.00331. The van der Waals surface area contributed by atoms with Crippen LogP contribution in [-0.2, 0) is 13.9 Å². The van der Waals surface area contributed by atoms with Crippen molar-refractivity contribution in [2.24, 2.45) is 0 Å². The average molecular weight is 485 g/mol. The first-order valence-electron chi connectivity index (χ1n) is 14.3. The highest BCUT2D eigenvalue weighted by Gasteiger charge is 2.44. The van der Waals surface area contributed by atoms with Gasteiger partial charge in [-0.05, 0) is 50.2 Å². The van der Waals surface area contributed by atoms with Gasteiger partial charge in [-0.1, -0.05) is 91.9 Å². The number of hydrogen-bond donors (Lipinski definition) is 1. The third-order valence-corrected chi connectivity index (χ3v) is 12.9. The van der Waals surface area contributed by atoms with Gasteiger partial charge in [0.1, 0.15) is 0 Å². The first-order chi connectivity index (χ1) is 15.7. The Hall–Kier alpha value is 0.0569. The molecule has 0 saturated carbocycles. The molecule has 2 heterocycles. The number of unbranched alkanes of at least 4 members (excludes halogenated alkanes) is 9. The Balaban J connectivity index is 1.79. The molecule has 0 spiro atoms. The summed E-state index contributed by atoms with van der Waals surface area (Å²) in [5.41, 5.74) is 0. The topological polar surface area (TPSA) is 47.9 Å². The van der Waals surface area contributed by atoms with Crippen molar-refractivity contribution in [3.63, 3.8) is 0 Å². The first kappa shape index (κ1) is 29.3. The Kier molecular flexibility index (Phi) is 12.9. The largest absolute Gasteiger partial charge is 0.411 e. The molecule has 5 heteroatoms. The fourth-order valence-corrected chi connectivity index (χ4v) is 6.47. The van der Waals surface area contributed by atoms with Crippen LogP contribution in [0, 0.1) is 0 Å². The molecule has 0 unspecified atom stereocenters. The monoisotopic (exact) mass is 484 g/mol. The minimum Gasteiger partial charge on any atom is -0.411 e. The highest BCUT2D eigenvalue weighted by molar-refractivity contribution is 6.74. The van der Waals surface area contributed by atoms with E-state index in [2.05, 4.69) is 40.8 Å². The normalized spacial score (nSPS) is 27.4. The average Bonchev–Trinajstić information content (AvgIpc) is 3.42. The van der Waals surface area contributed by atoms with Crippen molar-refractivity contribution >= 4 is 8.32 Å². The number of aliphatic hydroxyl groups is 1. The molecule has 2 fully saturated rings. The van der Waals surface area contributed by atoms with E-state index in [9.17, 15) is 5.11 Å². The number of ether oxygens (including phenoxy) is 2. The summed E-state index contributed by atoms with van der Waals surface area (Å²) >= 11 is 0. The molecule has 2 rings (SSSR count). The van der Waals surface area contributed by atoms with E-state index in [-0.39, 0.29) is 42.2 Å². The maximum Gasteiger partial charge on any atom is 0.192 e. The van der Waals surface area contributed by atoms with Gasteiger partial charge in [0.15, 0.2) is 8.32 Å². The lowest BCUT2D eigenvalue weighted by Crippen LogP contribution is -2.47. The van der Waals surface area contributed by atoms with Crippen LogP contribution in [0.2, 0.25) is 18.1 Å². The van der Waals surface area contributed by atoms with Crippen molar-refractivity contribution < 1.29 is 19.0 Å². The maximum atomic E-state index is 9.41. The smallest absolute Gasteiger partial charge is 0.192 e. The predicted octanol–water partition coefficient (Wildman–Crippen LogP) is 7.78. The molecule has 33 heavy (non-hydrogen) atoms. The van der Waals surface area contributed by atoms with E-state index < -0.39 is 8.32 Å². The van der Waals surface area contributed by atoms with Crippen molar-refractivity contribution in [1.29, 1.82) is 0 Å². The van der Waals surface area contributed by atoms with E-state index in [1.54, 1.807) is 0 Å². The number of hydrogen-bond acceptors (Lipinski definition) is 4. The van der Waals surface area contributed by atoms with Crippen molar-refractivity contribution in [3.05, 3.63) is 0 Å². The van der Waals surface area contributed by atoms with Gasteiger partial charge in [-0.3, -0.25) is 0 Å². The molecule has 0 aromatic carbocycles. The summed E-state index contributed by atoms with van der Waals surface area (Å²) in [6, 6.07) is 0. The Bertz CT molecular complexity index is 519. The van der Waals surface area contributed by atoms with E-state index in [4.69, 9.17) is 13.9 Å². The summed E-state index contributed by atoms with van der Waals surface area (Å²) in [4.78, 5) is 0. The fourth-order valence-electron chi connectivity index (χ4n) is 5.09. The lowest BCUT2D eigenvalue weighted by atomic mass is 10.0. The van der Waals surface area contributed by atoms with Gasteiger partial charge in [-0.2, -0.15) is 0 Å². The van der Waals surface area contributed by atoms with E-state index in [1.807, 2.05) is 0 Å². The van der Waals surface area contributed by atoms with Crippen LogP contribution in [0.5, 0.6) is 0 Å². The molecule has 0 amide bonds. The first-order valence-corrected chi connectivity index (χ1v) is 17.2. The molecule has 0 aromatic rings. The second-order valence-corrected chi connectivity index (χ2v) is 17.0. The molecular weight excluding hydrogens is 428 g/mol. The van der Waals surface area contributed by atoms with Crippen LogP contribution in [0.3, 0.4) is 0 Å². The molecule has 2 aliphatic heterocycles. The minimum atomic E-state index is -1.85. The zero-order valence-electron chi connectivity index (χ0n) is 22.9. The second-order valence-electron chi connectivity index (χ2n) is 12.2.